The Morgan fingerprint density at radius 3 is 2.89 bits per heavy atom. The predicted molar refractivity (Wildman–Crippen MR) is 130 cm³/mol. The molecule has 1 N–H and O–H groups in total. The van der Waals surface area contributed by atoms with E-state index in [4.69, 9.17) is 4.74 Å². The van der Waals surface area contributed by atoms with E-state index in [1.54, 1.807) is 30.6 Å². The zero-order valence-corrected chi connectivity index (χ0v) is 19.8. The summed E-state index contributed by atoms with van der Waals surface area (Å²) >= 11 is 1.33. The normalized spacial score (nSPS) is 17.9. The maximum absolute atomic E-state index is 13.7. The number of benzene rings is 1. The average molecular weight is 510 g/mol. The summed E-state index contributed by atoms with van der Waals surface area (Å²) in [5.74, 6) is -0.204. The zero-order valence-electron chi connectivity index (χ0n) is 18.9. The number of fused-ring (bicyclic) bond motifs is 1. The average Bonchev–Trinajstić information content (AvgIpc) is 3.64. The lowest BCUT2D eigenvalue weighted by atomic mass is 10.1. The van der Waals surface area contributed by atoms with Crippen molar-refractivity contribution in [3.63, 3.8) is 0 Å². The monoisotopic (exact) mass is 509 g/mol. The van der Waals surface area contributed by atoms with Crippen LogP contribution in [0.15, 0.2) is 66.4 Å². The van der Waals surface area contributed by atoms with Gasteiger partial charge in [0.25, 0.3) is 5.91 Å². The minimum atomic E-state index is -3.68. The van der Waals surface area contributed by atoms with Gasteiger partial charge >= 0.3 is 6.29 Å². The highest BCUT2D eigenvalue weighted by atomic mass is 32.1. The number of carbonyl (C=O) groups is 1. The summed E-state index contributed by atoms with van der Waals surface area (Å²) in [6, 6.07) is 12.1. The van der Waals surface area contributed by atoms with Gasteiger partial charge in [0.2, 0.25) is 0 Å². The molecule has 1 fully saturated rings. The minimum absolute atomic E-state index is 0.0177. The van der Waals surface area contributed by atoms with Crippen LogP contribution in [0, 0.1) is 0 Å². The number of hydrogen-bond donors (Lipinski definition) is 1. The molecule has 1 amide bonds. The van der Waals surface area contributed by atoms with Gasteiger partial charge in [-0.1, -0.05) is 6.07 Å². The number of para-hydroxylation sites is 1. The van der Waals surface area contributed by atoms with Crippen LogP contribution in [-0.4, -0.2) is 33.3 Å². The van der Waals surface area contributed by atoms with Crippen LogP contribution in [0.1, 0.15) is 40.6 Å². The number of amides is 1. The van der Waals surface area contributed by atoms with Crippen LogP contribution in [0.5, 0.6) is 11.5 Å². The molecule has 11 heteroatoms. The lowest BCUT2D eigenvalue weighted by Gasteiger charge is -2.26. The summed E-state index contributed by atoms with van der Waals surface area (Å²) in [5.41, 5.74) is 2.86. The maximum atomic E-state index is 13.7. The molecule has 3 aromatic heterocycles. The molecule has 36 heavy (non-hydrogen) atoms. The van der Waals surface area contributed by atoms with Gasteiger partial charge in [0.05, 0.1) is 17.4 Å². The lowest BCUT2D eigenvalue weighted by molar-refractivity contribution is -0.286. The first kappa shape index (κ1) is 22.5. The minimum Gasteiger partial charge on any atom is -0.395 e. The number of carbonyl (C=O) groups excluding carboxylic acids is 1. The van der Waals surface area contributed by atoms with Crippen LogP contribution < -0.4 is 19.7 Å². The van der Waals surface area contributed by atoms with Crippen molar-refractivity contribution in [3.8, 4) is 11.5 Å². The molecule has 5 heterocycles. The molecule has 0 radical (unpaired) electrons. The van der Waals surface area contributed by atoms with Crippen molar-refractivity contribution in [2.45, 2.75) is 31.7 Å². The van der Waals surface area contributed by atoms with E-state index in [0.717, 1.165) is 24.1 Å². The third-order valence-electron chi connectivity index (χ3n) is 6.22. The standard InChI is InChI=1S/C25H21F2N5O3S/c26-25(27)34-21-7-1-4-19(22(21)35-25)32-13-3-5-18(32)17-15-36-24(29-17)30-23(33)20-6-2-12-31(20)14-16-8-10-28-11-9-16/h1-2,4,6-12,15,18H,3,5,13-14H2,(H,29,30,33)/t18-/m0/s1. The topological polar surface area (TPSA) is 81.5 Å². The highest BCUT2D eigenvalue weighted by Gasteiger charge is 2.46. The van der Waals surface area contributed by atoms with E-state index in [0.29, 0.717) is 29.6 Å². The van der Waals surface area contributed by atoms with Gasteiger partial charge < -0.3 is 18.9 Å². The van der Waals surface area contributed by atoms with Crippen LogP contribution in [0.25, 0.3) is 0 Å². The van der Waals surface area contributed by atoms with Crippen molar-refractivity contribution in [2.75, 3.05) is 16.8 Å². The van der Waals surface area contributed by atoms with E-state index >= 15 is 0 Å². The summed E-state index contributed by atoms with van der Waals surface area (Å²) < 4.78 is 38.7. The van der Waals surface area contributed by atoms with Crippen LogP contribution in [-0.2, 0) is 6.54 Å². The van der Waals surface area contributed by atoms with E-state index in [-0.39, 0.29) is 23.4 Å². The van der Waals surface area contributed by atoms with Crippen molar-refractivity contribution in [1.82, 2.24) is 14.5 Å². The van der Waals surface area contributed by atoms with Gasteiger partial charge in [-0.25, -0.2) is 4.98 Å². The molecule has 8 nitrogen and oxygen atoms in total. The third-order valence-corrected chi connectivity index (χ3v) is 6.99. The first-order valence-electron chi connectivity index (χ1n) is 11.4. The summed E-state index contributed by atoms with van der Waals surface area (Å²) in [4.78, 5) is 23.7. The van der Waals surface area contributed by atoms with Gasteiger partial charge in [0, 0.05) is 37.1 Å². The molecule has 6 rings (SSSR count). The Labute approximate surface area is 209 Å². The predicted octanol–water partition coefficient (Wildman–Crippen LogP) is 5.30. The molecule has 1 saturated heterocycles. The molecular weight excluding hydrogens is 488 g/mol. The lowest BCUT2D eigenvalue weighted by Crippen LogP contribution is -2.27. The van der Waals surface area contributed by atoms with Gasteiger partial charge in [-0.2, -0.15) is 0 Å². The Balaban J connectivity index is 1.19. The molecule has 1 aromatic carbocycles. The summed E-state index contributed by atoms with van der Waals surface area (Å²) in [6.07, 6.45) is 3.28. The number of ether oxygens (including phenoxy) is 2. The fourth-order valence-corrected chi connectivity index (χ4v) is 5.40. The second kappa shape index (κ2) is 8.90. The van der Waals surface area contributed by atoms with Gasteiger partial charge in [0.15, 0.2) is 16.6 Å². The van der Waals surface area contributed by atoms with E-state index in [1.165, 1.54) is 17.4 Å². The second-order valence-electron chi connectivity index (χ2n) is 8.53. The molecule has 1 atom stereocenters. The number of rotatable bonds is 6. The molecule has 0 saturated carbocycles. The van der Waals surface area contributed by atoms with Crippen molar-refractivity contribution < 1.29 is 23.0 Å². The molecule has 184 valence electrons. The molecule has 0 bridgehead atoms. The first-order valence-corrected chi connectivity index (χ1v) is 12.3. The summed E-state index contributed by atoms with van der Waals surface area (Å²) in [5, 5.41) is 5.26. The number of thiazole rings is 1. The highest BCUT2D eigenvalue weighted by Crippen LogP contribution is 2.50. The summed E-state index contributed by atoms with van der Waals surface area (Å²) in [7, 11) is 0. The molecular formula is C25H21F2N5O3S. The van der Waals surface area contributed by atoms with Crippen molar-refractivity contribution >= 4 is 28.1 Å². The Hall–Kier alpha value is -3.99. The van der Waals surface area contributed by atoms with Crippen molar-refractivity contribution in [3.05, 3.63) is 83.4 Å². The van der Waals surface area contributed by atoms with Crippen LogP contribution in [0.3, 0.4) is 0 Å². The maximum Gasteiger partial charge on any atom is 0.586 e. The van der Waals surface area contributed by atoms with E-state index in [2.05, 4.69) is 20.0 Å². The first-order chi connectivity index (χ1) is 17.5. The van der Waals surface area contributed by atoms with Crippen molar-refractivity contribution in [1.29, 1.82) is 0 Å². The van der Waals surface area contributed by atoms with Gasteiger partial charge in [-0.15, -0.1) is 20.1 Å². The fourth-order valence-electron chi connectivity index (χ4n) is 4.64. The summed E-state index contributed by atoms with van der Waals surface area (Å²) in [6.45, 7) is 1.21. The molecule has 0 spiro atoms. The van der Waals surface area contributed by atoms with E-state index < -0.39 is 6.29 Å². The number of halogens is 2. The van der Waals surface area contributed by atoms with Gasteiger partial charge in [0.1, 0.15) is 5.69 Å². The van der Waals surface area contributed by atoms with Gasteiger partial charge in [-0.05, 0) is 54.8 Å². The van der Waals surface area contributed by atoms with Gasteiger partial charge in [-0.3, -0.25) is 15.1 Å². The second-order valence-corrected chi connectivity index (χ2v) is 9.39. The molecule has 4 aromatic rings. The smallest absolute Gasteiger partial charge is 0.395 e. The molecule has 0 aliphatic carbocycles. The number of nitrogens with one attached hydrogen (secondary N) is 1. The fraction of sp³-hybridized carbons (Fsp3) is 0.240. The van der Waals surface area contributed by atoms with Crippen LogP contribution in [0.2, 0.25) is 0 Å². The number of anilines is 2. The SMILES string of the molecule is O=C(Nc1nc([C@@H]2CCCN2c2cccc3c2OC(F)(F)O3)cs1)c1cccn1Cc1ccncc1. The largest absolute Gasteiger partial charge is 0.586 e. The van der Waals surface area contributed by atoms with Crippen LogP contribution >= 0.6 is 11.3 Å². The number of alkyl halides is 2. The number of nitrogens with zero attached hydrogens (tertiary/aromatic N) is 4. The quantitative estimate of drug-likeness (QED) is 0.380. The molecule has 0 unspecified atom stereocenters. The van der Waals surface area contributed by atoms with E-state index in [9.17, 15) is 13.6 Å². The molecule has 2 aliphatic heterocycles. The van der Waals surface area contributed by atoms with Crippen molar-refractivity contribution in [2.24, 2.45) is 0 Å². The Kier molecular flexibility index (Phi) is 5.56. The molecule has 2 aliphatic rings. The van der Waals surface area contributed by atoms with Crippen LogP contribution in [0.4, 0.5) is 19.6 Å². The zero-order chi connectivity index (χ0) is 24.7. The number of hydrogen-bond acceptors (Lipinski definition) is 7. The Bertz CT molecular complexity index is 1410. The Morgan fingerprint density at radius 2 is 2.03 bits per heavy atom. The highest BCUT2D eigenvalue weighted by molar-refractivity contribution is 7.14. The third kappa shape index (κ3) is 4.26. The number of pyridine rings is 1. The van der Waals surface area contributed by atoms with E-state index in [1.807, 2.05) is 39.2 Å². The Morgan fingerprint density at radius 1 is 1.17 bits per heavy atom. The number of aromatic nitrogens is 3.